The van der Waals surface area contributed by atoms with E-state index in [0.29, 0.717) is 32.7 Å². The molecule has 1 aromatic heterocycles. The van der Waals surface area contributed by atoms with E-state index in [2.05, 4.69) is 5.32 Å². The first kappa shape index (κ1) is 20.3. The second-order valence-electron chi connectivity index (χ2n) is 7.88. The van der Waals surface area contributed by atoms with Crippen LogP contribution in [0.4, 0.5) is 0 Å². The van der Waals surface area contributed by atoms with E-state index >= 15 is 0 Å². The molecule has 158 valence electrons. The summed E-state index contributed by atoms with van der Waals surface area (Å²) < 4.78 is 6.85. The van der Waals surface area contributed by atoms with Gasteiger partial charge in [-0.25, -0.2) is 0 Å². The van der Waals surface area contributed by atoms with Gasteiger partial charge in [0.15, 0.2) is 0 Å². The van der Waals surface area contributed by atoms with Gasteiger partial charge < -0.3 is 19.5 Å². The zero-order chi connectivity index (χ0) is 21.1. The maximum atomic E-state index is 13.2. The van der Waals surface area contributed by atoms with Gasteiger partial charge in [0.05, 0.1) is 6.54 Å². The van der Waals surface area contributed by atoms with Crippen molar-refractivity contribution >= 4 is 11.8 Å². The lowest BCUT2D eigenvalue weighted by Crippen LogP contribution is -2.42. The van der Waals surface area contributed by atoms with Crippen LogP contribution in [0, 0.1) is 0 Å². The molecule has 1 N–H and O–H groups in total. The molecule has 0 radical (unpaired) electrons. The molecule has 2 aliphatic rings. The zero-order valence-corrected chi connectivity index (χ0v) is 17.2. The van der Waals surface area contributed by atoms with Crippen LogP contribution in [0.15, 0.2) is 41.3 Å². The molecule has 1 saturated carbocycles. The number of nitrogens with zero attached hydrogens (tertiary/aromatic N) is 2. The quantitative estimate of drug-likeness (QED) is 0.755. The minimum atomic E-state index is -0.296. The summed E-state index contributed by atoms with van der Waals surface area (Å²) in [7, 11) is 0. The number of nitrogens with one attached hydrogen (secondary N) is 1. The summed E-state index contributed by atoms with van der Waals surface area (Å²) in [4.78, 5) is 40.3. The molecule has 7 heteroatoms. The summed E-state index contributed by atoms with van der Waals surface area (Å²) >= 11 is 0. The molecule has 1 aromatic carbocycles. The number of rotatable bonds is 7. The highest BCUT2D eigenvalue weighted by molar-refractivity contribution is 5.96. The van der Waals surface area contributed by atoms with Crippen molar-refractivity contribution in [3.05, 3.63) is 69.1 Å². The van der Waals surface area contributed by atoms with Crippen molar-refractivity contribution in [3.63, 3.8) is 0 Å². The number of carbonyl (C=O) groups is 2. The van der Waals surface area contributed by atoms with Gasteiger partial charge in [-0.1, -0.05) is 30.3 Å². The Balaban J connectivity index is 1.69. The fraction of sp³-hybridized carbons (Fsp3) is 0.435. The normalized spacial score (nSPS) is 15.6. The third-order valence-corrected chi connectivity index (χ3v) is 5.59. The third kappa shape index (κ3) is 4.46. The predicted octanol–water partition coefficient (Wildman–Crippen LogP) is 1.71. The first-order chi connectivity index (χ1) is 14.6. The summed E-state index contributed by atoms with van der Waals surface area (Å²) in [6.07, 6.45) is 4.21. The van der Waals surface area contributed by atoms with E-state index in [1.165, 1.54) is 0 Å². The number of hydrogen-bond acceptors (Lipinski definition) is 4. The highest BCUT2D eigenvalue weighted by atomic mass is 16.5. The molecule has 1 aliphatic heterocycles. The molecule has 1 aliphatic carbocycles. The van der Waals surface area contributed by atoms with Gasteiger partial charge in [0, 0.05) is 31.9 Å². The molecule has 7 nitrogen and oxygen atoms in total. The monoisotopic (exact) mass is 409 g/mol. The van der Waals surface area contributed by atoms with Crippen LogP contribution in [0.25, 0.3) is 0 Å². The second-order valence-corrected chi connectivity index (χ2v) is 7.88. The van der Waals surface area contributed by atoms with Crippen LogP contribution in [-0.4, -0.2) is 47.1 Å². The first-order valence-corrected chi connectivity index (χ1v) is 10.5. The van der Waals surface area contributed by atoms with E-state index in [-0.39, 0.29) is 35.6 Å². The Morgan fingerprint density at radius 2 is 1.97 bits per heavy atom. The Morgan fingerprint density at radius 1 is 1.20 bits per heavy atom. The summed E-state index contributed by atoms with van der Waals surface area (Å²) in [5.74, 6) is -0.373. The van der Waals surface area contributed by atoms with Gasteiger partial charge in [-0.15, -0.1) is 0 Å². The van der Waals surface area contributed by atoms with Crippen molar-refractivity contribution in [1.82, 2.24) is 14.8 Å². The summed E-state index contributed by atoms with van der Waals surface area (Å²) in [6, 6.07) is 9.85. The summed E-state index contributed by atoms with van der Waals surface area (Å²) in [5.41, 5.74) is 2.55. The molecule has 30 heavy (non-hydrogen) atoms. The number of hydrogen-bond donors (Lipinski definition) is 1. The lowest BCUT2D eigenvalue weighted by atomic mass is 9.95. The van der Waals surface area contributed by atoms with E-state index in [0.717, 1.165) is 29.5 Å². The number of amides is 2. The smallest absolute Gasteiger partial charge is 0.264 e. The Hall–Kier alpha value is -2.93. The molecule has 0 unspecified atom stereocenters. The lowest BCUT2D eigenvalue weighted by molar-refractivity contribution is -0.136. The SMILES string of the molecule is CCOCC(=O)N1CCc2c(cn(Cc3ccccc3)c(=O)c2C(=O)NC2CC2)C1. The van der Waals surface area contributed by atoms with E-state index < -0.39 is 0 Å². The van der Waals surface area contributed by atoms with E-state index in [4.69, 9.17) is 4.74 Å². The maximum absolute atomic E-state index is 13.2. The van der Waals surface area contributed by atoms with Gasteiger partial charge in [0.1, 0.15) is 12.2 Å². The Kier molecular flexibility index (Phi) is 5.99. The number of pyridine rings is 1. The van der Waals surface area contributed by atoms with E-state index in [1.807, 2.05) is 37.3 Å². The van der Waals surface area contributed by atoms with E-state index in [9.17, 15) is 14.4 Å². The molecule has 2 amide bonds. The third-order valence-electron chi connectivity index (χ3n) is 5.59. The van der Waals surface area contributed by atoms with Gasteiger partial charge in [-0.05, 0) is 42.9 Å². The molecular weight excluding hydrogens is 382 g/mol. The standard InChI is InChI=1S/C23H27N3O4/c1-2-30-15-20(27)25-11-10-19-17(13-25)14-26(12-16-6-4-3-5-7-16)23(29)21(19)22(28)24-18-8-9-18/h3-7,14,18H,2,8-13,15H2,1H3,(H,24,28). The minimum Gasteiger partial charge on any atom is -0.372 e. The second kappa shape index (κ2) is 8.83. The van der Waals surface area contributed by atoms with Gasteiger partial charge in [-0.3, -0.25) is 14.4 Å². The van der Waals surface area contributed by atoms with Crippen LogP contribution in [-0.2, 0) is 29.0 Å². The fourth-order valence-electron chi connectivity index (χ4n) is 3.82. The molecule has 0 bridgehead atoms. The van der Waals surface area contributed by atoms with Gasteiger partial charge >= 0.3 is 0 Å². The number of aromatic nitrogens is 1. The largest absolute Gasteiger partial charge is 0.372 e. The van der Waals surface area contributed by atoms with Crippen molar-refractivity contribution in [2.24, 2.45) is 0 Å². The number of benzene rings is 1. The molecule has 2 aromatic rings. The minimum absolute atomic E-state index is 0.0461. The molecule has 1 fully saturated rings. The van der Waals surface area contributed by atoms with Crippen LogP contribution in [0.5, 0.6) is 0 Å². The molecule has 0 atom stereocenters. The van der Waals surface area contributed by atoms with Crippen molar-refractivity contribution in [2.45, 2.75) is 45.3 Å². The highest BCUT2D eigenvalue weighted by Crippen LogP contribution is 2.23. The van der Waals surface area contributed by atoms with Crippen LogP contribution < -0.4 is 10.9 Å². The number of fused-ring (bicyclic) bond motifs is 1. The predicted molar refractivity (Wildman–Crippen MR) is 112 cm³/mol. The van der Waals surface area contributed by atoms with Gasteiger partial charge in [-0.2, -0.15) is 0 Å². The molecular formula is C23H27N3O4. The Morgan fingerprint density at radius 3 is 2.67 bits per heavy atom. The fourth-order valence-corrected chi connectivity index (χ4v) is 3.82. The van der Waals surface area contributed by atoms with Crippen LogP contribution >= 0.6 is 0 Å². The average molecular weight is 409 g/mol. The highest BCUT2D eigenvalue weighted by Gasteiger charge is 2.31. The van der Waals surface area contributed by atoms with Crippen LogP contribution in [0.2, 0.25) is 0 Å². The maximum Gasteiger partial charge on any atom is 0.264 e. The first-order valence-electron chi connectivity index (χ1n) is 10.5. The molecule has 4 rings (SSSR count). The summed E-state index contributed by atoms with van der Waals surface area (Å²) in [5, 5.41) is 2.96. The Labute approximate surface area is 175 Å². The van der Waals surface area contributed by atoms with Crippen molar-refractivity contribution in [2.75, 3.05) is 19.8 Å². The molecule has 0 spiro atoms. The van der Waals surface area contributed by atoms with Gasteiger partial charge in [0.2, 0.25) is 5.91 Å². The zero-order valence-electron chi connectivity index (χ0n) is 17.2. The van der Waals surface area contributed by atoms with E-state index in [1.54, 1.807) is 15.7 Å². The summed E-state index contributed by atoms with van der Waals surface area (Å²) in [6.45, 7) is 3.61. The molecule has 2 heterocycles. The average Bonchev–Trinajstić information content (AvgIpc) is 3.57. The number of ether oxygens (including phenoxy) is 1. The van der Waals surface area contributed by atoms with Crippen molar-refractivity contribution in [1.29, 1.82) is 0 Å². The van der Waals surface area contributed by atoms with Crippen LogP contribution in [0.3, 0.4) is 0 Å². The topological polar surface area (TPSA) is 80.6 Å². The van der Waals surface area contributed by atoms with Crippen molar-refractivity contribution < 1.29 is 14.3 Å². The van der Waals surface area contributed by atoms with Crippen LogP contribution in [0.1, 0.15) is 46.8 Å². The lowest BCUT2D eigenvalue weighted by Gasteiger charge is -2.30. The number of carbonyl (C=O) groups excluding carboxylic acids is 2. The molecule has 0 saturated heterocycles. The Bertz CT molecular complexity index is 995. The van der Waals surface area contributed by atoms with Gasteiger partial charge in [0.25, 0.3) is 11.5 Å². The van der Waals surface area contributed by atoms with Crippen molar-refractivity contribution in [3.8, 4) is 0 Å².